The standard InChI is InChI=1S/C22H19N5O7/c28-20-16(21(29)24-22(30)23-20)10-13-9-15(27(31)32)1-3-17(13)26-7-5-25(6-8-26)14-2-4-18-19(11-14)34-12-33-18/h1-4,9-11H,5-8,12H2,(H2,23,24,28,29,30). The number of nitro benzene ring substituents is 1. The third-order valence-corrected chi connectivity index (χ3v) is 5.81. The number of piperazine rings is 1. The monoisotopic (exact) mass is 465 g/mol. The number of imide groups is 2. The van der Waals surface area contributed by atoms with Crippen molar-refractivity contribution >= 4 is 41.0 Å². The Morgan fingerprint density at radius 1 is 0.882 bits per heavy atom. The van der Waals surface area contributed by atoms with Gasteiger partial charge in [-0.2, -0.15) is 0 Å². The molecule has 2 aromatic rings. The Hall–Kier alpha value is -4.61. The van der Waals surface area contributed by atoms with Crippen LogP contribution < -0.4 is 29.9 Å². The predicted octanol–water partition coefficient (Wildman–Crippen LogP) is 1.40. The van der Waals surface area contributed by atoms with Crippen molar-refractivity contribution in [3.63, 3.8) is 0 Å². The van der Waals surface area contributed by atoms with Gasteiger partial charge in [0.05, 0.1) is 4.92 Å². The number of rotatable bonds is 4. The third-order valence-electron chi connectivity index (χ3n) is 5.81. The highest BCUT2D eigenvalue weighted by molar-refractivity contribution is 6.31. The average molecular weight is 465 g/mol. The van der Waals surface area contributed by atoms with Gasteiger partial charge in [0.2, 0.25) is 6.79 Å². The van der Waals surface area contributed by atoms with Crippen molar-refractivity contribution < 1.29 is 28.8 Å². The summed E-state index contributed by atoms with van der Waals surface area (Å²) in [6, 6.07) is 9.15. The molecule has 3 aliphatic rings. The Morgan fingerprint density at radius 2 is 1.56 bits per heavy atom. The van der Waals surface area contributed by atoms with Crippen LogP contribution >= 0.6 is 0 Å². The molecule has 0 aromatic heterocycles. The van der Waals surface area contributed by atoms with Crippen molar-refractivity contribution in [2.24, 2.45) is 0 Å². The summed E-state index contributed by atoms with van der Waals surface area (Å²) in [5.41, 5.74) is 1.49. The van der Waals surface area contributed by atoms with Crippen molar-refractivity contribution in [3.8, 4) is 11.5 Å². The van der Waals surface area contributed by atoms with Crippen LogP contribution in [0.25, 0.3) is 6.08 Å². The topological polar surface area (TPSA) is 143 Å². The van der Waals surface area contributed by atoms with Crippen LogP contribution in [-0.4, -0.2) is 55.7 Å². The van der Waals surface area contributed by atoms with E-state index in [9.17, 15) is 24.5 Å². The maximum atomic E-state index is 12.2. The first-order valence-corrected chi connectivity index (χ1v) is 10.5. The van der Waals surface area contributed by atoms with Crippen LogP contribution in [0.15, 0.2) is 42.0 Å². The van der Waals surface area contributed by atoms with Gasteiger partial charge in [-0.15, -0.1) is 0 Å². The van der Waals surface area contributed by atoms with Crippen molar-refractivity contribution in [2.45, 2.75) is 0 Å². The van der Waals surface area contributed by atoms with Gasteiger partial charge in [-0.3, -0.25) is 30.3 Å². The van der Waals surface area contributed by atoms with Crippen molar-refractivity contribution in [3.05, 3.63) is 57.6 Å². The number of nitrogens with one attached hydrogen (secondary N) is 2. The van der Waals surface area contributed by atoms with Crippen LogP contribution in [0.3, 0.4) is 0 Å². The normalized spacial score (nSPS) is 17.4. The van der Waals surface area contributed by atoms with Gasteiger partial charge < -0.3 is 19.3 Å². The molecule has 2 N–H and O–H groups in total. The largest absolute Gasteiger partial charge is 0.454 e. The van der Waals surface area contributed by atoms with Gasteiger partial charge in [0.15, 0.2) is 11.5 Å². The minimum Gasteiger partial charge on any atom is -0.454 e. The minimum absolute atomic E-state index is 0.178. The first-order valence-electron chi connectivity index (χ1n) is 10.5. The Morgan fingerprint density at radius 3 is 2.26 bits per heavy atom. The third kappa shape index (κ3) is 3.96. The number of nitro groups is 1. The molecule has 0 saturated carbocycles. The molecule has 12 heteroatoms. The molecule has 2 fully saturated rings. The SMILES string of the molecule is O=C1NC(=O)C(=Cc2cc([N+](=O)[O-])ccc2N2CCN(c3ccc4c(c3)OCO4)CC2)C(=O)N1. The van der Waals surface area contributed by atoms with Gasteiger partial charge in [-0.1, -0.05) is 0 Å². The number of hydrogen-bond acceptors (Lipinski definition) is 9. The molecule has 3 aliphatic heterocycles. The molecule has 0 radical (unpaired) electrons. The number of nitrogens with zero attached hydrogens (tertiary/aromatic N) is 3. The van der Waals surface area contributed by atoms with Gasteiger partial charge in [0.25, 0.3) is 17.5 Å². The van der Waals surface area contributed by atoms with Gasteiger partial charge in [-0.25, -0.2) is 4.79 Å². The molecular formula is C22H19N5O7. The van der Waals surface area contributed by atoms with E-state index < -0.39 is 22.8 Å². The zero-order valence-electron chi connectivity index (χ0n) is 17.8. The molecule has 12 nitrogen and oxygen atoms in total. The number of ether oxygens (including phenoxy) is 2. The molecule has 5 rings (SSSR count). The number of amides is 4. The lowest BCUT2D eigenvalue weighted by Gasteiger charge is -2.38. The second-order valence-electron chi connectivity index (χ2n) is 7.81. The quantitative estimate of drug-likeness (QED) is 0.296. The van der Waals surface area contributed by atoms with Crippen LogP contribution in [0.4, 0.5) is 21.9 Å². The maximum absolute atomic E-state index is 12.2. The van der Waals surface area contributed by atoms with E-state index in [2.05, 4.69) is 4.90 Å². The van der Waals surface area contributed by atoms with Crippen molar-refractivity contribution in [1.29, 1.82) is 0 Å². The van der Waals surface area contributed by atoms with Crippen LogP contribution in [0.1, 0.15) is 5.56 Å². The molecule has 0 unspecified atom stereocenters. The van der Waals surface area contributed by atoms with Crippen LogP contribution in [0.5, 0.6) is 11.5 Å². The summed E-state index contributed by atoms with van der Waals surface area (Å²) < 4.78 is 10.8. The minimum atomic E-state index is -0.911. The zero-order valence-corrected chi connectivity index (χ0v) is 17.8. The number of hydrogen-bond donors (Lipinski definition) is 2. The molecule has 0 bridgehead atoms. The molecule has 2 aromatic carbocycles. The van der Waals surface area contributed by atoms with E-state index in [1.807, 2.05) is 33.7 Å². The number of carbonyl (C=O) groups excluding carboxylic acids is 3. The molecule has 0 aliphatic carbocycles. The lowest BCUT2D eigenvalue weighted by molar-refractivity contribution is -0.384. The van der Waals surface area contributed by atoms with Crippen LogP contribution in [-0.2, 0) is 9.59 Å². The highest BCUT2D eigenvalue weighted by Crippen LogP contribution is 2.36. The van der Waals surface area contributed by atoms with E-state index in [0.717, 1.165) is 5.69 Å². The smallest absolute Gasteiger partial charge is 0.328 e. The fourth-order valence-electron chi connectivity index (χ4n) is 4.11. The van der Waals surface area contributed by atoms with E-state index in [-0.39, 0.29) is 18.1 Å². The zero-order chi connectivity index (χ0) is 23.8. The number of urea groups is 1. The lowest BCUT2D eigenvalue weighted by atomic mass is 10.0. The van der Waals surface area contributed by atoms with Gasteiger partial charge >= 0.3 is 6.03 Å². The predicted molar refractivity (Wildman–Crippen MR) is 120 cm³/mol. The van der Waals surface area contributed by atoms with Gasteiger partial charge in [0.1, 0.15) is 5.57 Å². The summed E-state index contributed by atoms with van der Waals surface area (Å²) >= 11 is 0. The van der Waals surface area contributed by atoms with Crippen molar-refractivity contribution in [1.82, 2.24) is 10.6 Å². The highest BCUT2D eigenvalue weighted by Gasteiger charge is 2.29. The number of fused-ring (bicyclic) bond motifs is 1. The van der Waals surface area contributed by atoms with Crippen molar-refractivity contribution in [2.75, 3.05) is 42.8 Å². The fourth-order valence-corrected chi connectivity index (χ4v) is 4.11. The number of anilines is 2. The summed E-state index contributed by atoms with van der Waals surface area (Å²) in [6.07, 6.45) is 1.27. The van der Waals surface area contributed by atoms with Gasteiger partial charge in [0, 0.05) is 61.3 Å². The molecule has 0 atom stereocenters. The Labute approximate surface area is 192 Å². The Kier molecular flexibility index (Phi) is 5.24. The number of non-ortho nitro benzene ring substituents is 1. The Balaban J connectivity index is 1.40. The molecule has 174 valence electrons. The summed E-state index contributed by atoms with van der Waals surface area (Å²) in [7, 11) is 0. The average Bonchev–Trinajstić information content (AvgIpc) is 3.29. The second-order valence-corrected chi connectivity index (χ2v) is 7.81. The molecule has 3 heterocycles. The van der Waals surface area contributed by atoms with E-state index in [0.29, 0.717) is 48.9 Å². The maximum Gasteiger partial charge on any atom is 0.328 e. The fraction of sp³-hybridized carbons (Fsp3) is 0.227. The first-order chi connectivity index (χ1) is 16.4. The highest BCUT2D eigenvalue weighted by atomic mass is 16.7. The molecular weight excluding hydrogens is 446 g/mol. The number of benzene rings is 2. The number of carbonyl (C=O) groups is 3. The lowest BCUT2D eigenvalue weighted by Crippen LogP contribution is -2.51. The van der Waals surface area contributed by atoms with Gasteiger partial charge in [-0.05, 0) is 24.3 Å². The van der Waals surface area contributed by atoms with E-state index in [1.165, 1.54) is 18.2 Å². The molecule has 34 heavy (non-hydrogen) atoms. The first kappa shape index (κ1) is 21.2. The Bertz CT molecular complexity index is 1230. The summed E-state index contributed by atoms with van der Waals surface area (Å²) in [4.78, 5) is 50.7. The van der Waals surface area contributed by atoms with Crippen LogP contribution in [0, 0.1) is 10.1 Å². The molecule has 0 spiro atoms. The summed E-state index contributed by atoms with van der Waals surface area (Å²) in [6.45, 7) is 2.73. The molecule has 4 amide bonds. The summed E-state index contributed by atoms with van der Waals surface area (Å²) in [5.74, 6) is -0.312. The van der Waals surface area contributed by atoms with E-state index >= 15 is 0 Å². The molecule has 2 saturated heterocycles. The van der Waals surface area contributed by atoms with E-state index in [4.69, 9.17) is 9.47 Å². The van der Waals surface area contributed by atoms with E-state index in [1.54, 1.807) is 6.07 Å². The van der Waals surface area contributed by atoms with Crippen LogP contribution in [0.2, 0.25) is 0 Å². The summed E-state index contributed by atoms with van der Waals surface area (Å²) in [5, 5.41) is 15.3. The second kappa shape index (κ2) is 8.39. The number of barbiturate groups is 1.